The zero-order valence-electron chi connectivity index (χ0n) is 39.6. The average molecular weight is 764 g/mol. The number of hydrogen-bond acceptors (Lipinski definition) is 2. The quantitative estimate of drug-likeness (QED) is 0.0851. The first-order chi connectivity index (χ1) is 26.4. The van der Waals surface area contributed by atoms with Crippen molar-refractivity contribution in [3.05, 3.63) is 124 Å². The van der Waals surface area contributed by atoms with Crippen LogP contribution in [0.1, 0.15) is 166 Å². The van der Waals surface area contributed by atoms with Crippen LogP contribution in [-0.4, -0.2) is 18.5 Å². The first kappa shape index (κ1) is 56.4. The minimum atomic E-state index is 0.0631. The molecular weight excluding hydrogens is 679 g/mol. The third-order valence-corrected chi connectivity index (χ3v) is 9.81. The molecule has 0 saturated carbocycles. The van der Waals surface area contributed by atoms with E-state index < -0.39 is 0 Å². The Bertz CT molecular complexity index is 1580. The van der Waals surface area contributed by atoms with Gasteiger partial charge in [-0.1, -0.05) is 154 Å². The molecule has 1 aromatic carbocycles. The predicted molar refractivity (Wildman–Crippen MR) is 258 cm³/mol. The molecule has 1 aromatic rings. The molecule has 0 aliphatic heterocycles. The standard InChI is InChI=1S/C23H24O.C13H25N.C12H22.C3H8.C3H6/c1-7-20-19(6)22(16(3)12-13-23(20)24)14-17(4)18(5)21-11-9-8-10-15(21)2;1-5-8-11-13(14-4)12(9-6-2)10-7-3;1-8(2)10(5)12(7)11(6)9(3)4;2*1-3-2/h1,8-11,14H,5,12-13H2,2-4,6H3;8,11-12H,5-7,9-10H2,1-4H3;8-9H,5H2,1-4,6-7H3;3H2,1-2H3;3H,1H2,2H3/b17-14-;11-8+,14-13?;12-11+;;. The monoisotopic (exact) mass is 764 g/mol. The lowest BCUT2D eigenvalue weighted by atomic mass is 9.90. The second kappa shape index (κ2) is 33.2. The highest BCUT2D eigenvalue weighted by Crippen LogP contribution is 2.32. The number of hydrogen-bond donors (Lipinski definition) is 0. The number of carbonyl (C=O) groups is 1. The summed E-state index contributed by atoms with van der Waals surface area (Å²) in [5, 5.41) is 0. The summed E-state index contributed by atoms with van der Waals surface area (Å²) in [5.74, 6) is 4.53. The largest absolute Gasteiger partial charge is 0.293 e. The summed E-state index contributed by atoms with van der Waals surface area (Å²) in [7, 11) is 1.91. The van der Waals surface area contributed by atoms with Crippen molar-refractivity contribution in [3.8, 4) is 12.3 Å². The van der Waals surface area contributed by atoms with Crippen LogP contribution < -0.4 is 0 Å². The van der Waals surface area contributed by atoms with E-state index in [4.69, 9.17) is 6.42 Å². The summed E-state index contributed by atoms with van der Waals surface area (Å²) < 4.78 is 0. The molecule has 2 rings (SSSR count). The Morgan fingerprint density at radius 3 is 1.84 bits per heavy atom. The van der Waals surface area contributed by atoms with Gasteiger partial charge in [0.25, 0.3) is 0 Å². The summed E-state index contributed by atoms with van der Waals surface area (Å²) in [4.78, 5) is 16.6. The molecule has 0 heterocycles. The van der Waals surface area contributed by atoms with E-state index >= 15 is 0 Å². The number of ketones is 1. The highest BCUT2D eigenvalue weighted by molar-refractivity contribution is 6.01. The van der Waals surface area contributed by atoms with Gasteiger partial charge in [-0.05, 0) is 137 Å². The molecule has 0 fully saturated rings. The van der Waals surface area contributed by atoms with E-state index in [2.05, 4.69) is 158 Å². The van der Waals surface area contributed by atoms with Gasteiger partial charge in [-0.3, -0.25) is 9.79 Å². The van der Waals surface area contributed by atoms with Gasteiger partial charge >= 0.3 is 0 Å². The second-order valence-electron chi connectivity index (χ2n) is 15.4. The second-order valence-corrected chi connectivity index (χ2v) is 15.4. The first-order valence-electron chi connectivity index (χ1n) is 21.3. The van der Waals surface area contributed by atoms with Crippen LogP contribution in [0.2, 0.25) is 0 Å². The Morgan fingerprint density at radius 1 is 0.911 bits per heavy atom. The molecule has 0 spiro atoms. The maximum Gasteiger partial charge on any atom is 0.171 e. The van der Waals surface area contributed by atoms with Crippen molar-refractivity contribution in [2.45, 2.75) is 162 Å². The summed E-state index contributed by atoms with van der Waals surface area (Å²) in [6, 6.07) is 8.23. The van der Waals surface area contributed by atoms with E-state index in [-0.39, 0.29) is 5.78 Å². The molecule has 0 unspecified atom stereocenters. The lowest BCUT2D eigenvalue weighted by Crippen LogP contribution is -2.12. The van der Waals surface area contributed by atoms with Gasteiger partial charge in [-0.25, -0.2) is 0 Å². The Balaban J connectivity index is -0.000000751. The van der Waals surface area contributed by atoms with Gasteiger partial charge in [-0.2, -0.15) is 0 Å². The highest BCUT2D eigenvalue weighted by atomic mass is 16.1. The predicted octanol–water partition coefficient (Wildman–Crippen LogP) is 16.6. The topological polar surface area (TPSA) is 29.4 Å². The number of aryl methyl sites for hydroxylation is 1. The molecule has 0 N–H and O–H groups in total. The number of terminal acetylenes is 1. The number of benzene rings is 1. The zero-order chi connectivity index (χ0) is 44.0. The maximum atomic E-state index is 12.2. The van der Waals surface area contributed by atoms with Crippen molar-refractivity contribution in [2.24, 2.45) is 22.7 Å². The number of carbonyl (C=O) groups excluding carboxylic acids is 1. The van der Waals surface area contributed by atoms with Crippen molar-refractivity contribution in [1.82, 2.24) is 0 Å². The van der Waals surface area contributed by atoms with Crippen LogP contribution in [-0.2, 0) is 4.79 Å². The Kier molecular flexibility index (Phi) is 33.4. The van der Waals surface area contributed by atoms with E-state index in [1.165, 1.54) is 65.7 Å². The third kappa shape index (κ3) is 22.0. The fourth-order valence-corrected chi connectivity index (χ4v) is 5.96. The van der Waals surface area contributed by atoms with Crippen molar-refractivity contribution in [2.75, 3.05) is 7.05 Å². The first-order valence-corrected chi connectivity index (χ1v) is 21.3. The summed E-state index contributed by atoms with van der Waals surface area (Å²) in [6.45, 7) is 45.9. The maximum absolute atomic E-state index is 12.2. The molecule has 0 atom stereocenters. The van der Waals surface area contributed by atoms with Gasteiger partial charge in [-0.15, -0.1) is 13.0 Å². The lowest BCUT2D eigenvalue weighted by Gasteiger charge is -2.16. The number of aliphatic imine (C=N–C) groups is 1. The SMILES string of the molecule is C#CC1=C(C)C(/C=C(/C)C(=C)c2ccccc2C)=C(C)CCC1=O.C=C(/C(C)=C(\C)C(C)C)C(C)C.C=CC.CC/C=C/C(=NC)C(CCC)CCC.CCC. The molecule has 0 aromatic heterocycles. The van der Waals surface area contributed by atoms with E-state index in [1.54, 1.807) is 6.08 Å². The van der Waals surface area contributed by atoms with Crippen LogP contribution in [0.25, 0.3) is 5.57 Å². The summed E-state index contributed by atoms with van der Waals surface area (Å²) in [5.41, 5.74) is 13.5. The van der Waals surface area contributed by atoms with Crippen LogP contribution in [0.4, 0.5) is 0 Å². The summed E-state index contributed by atoms with van der Waals surface area (Å²) in [6.07, 6.45) is 22.5. The normalized spacial score (nSPS) is 13.7. The molecule has 0 bridgehead atoms. The van der Waals surface area contributed by atoms with Crippen LogP contribution >= 0.6 is 0 Å². The van der Waals surface area contributed by atoms with Gasteiger partial charge in [0, 0.05) is 25.1 Å². The Labute approximate surface area is 349 Å². The smallest absolute Gasteiger partial charge is 0.171 e. The average Bonchev–Trinajstić information content (AvgIpc) is 3.26. The van der Waals surface area contributed by atoms with Crippen LogP contribution in [0.5, 0.6) is 0 Å². The zero-order valence-corrected chi connectivity index (χ0v) is 39.6. The lowest BCUT2D eigenvalue weighted by molar-refractivity contribution is -0.115. The van der Waals surface area contributed by atoms with E-state index in [1.807, 2.05) is 33.0 Å². The minimum Gasteiger partial charge on any atom is -0.293 e. The van der Waals surface area contributed by atoms with Crippen molar-refractivity contribution in [3.63, 3.8) is 0 Å². The van der Waals surface area contributed by atoms with E-state index in [0.717, 1.165) is 40.7 Å². The number of Topliss-reactive ketones (excluding diaryl/α,β-unsaturated/α-hetero) is 1. The molecule has 0 amide bonds. The van der Waals surface area contributed by atoms with Gasteiger partial charge in [0.2, 0.25) is 0 Å². The van der Waals surface area contributed by atoms with Gasteiger partial charge in [0.15, 0.2) is 5.78 Å². The molecule has 0 radical (unpaired) electrons. The van der Waals surface area contributed by atoms with Gasteiger partial charge in [0.05, 0.1) is 5.57 Å². The van der Waals surface area contributed by atoms with Crippen LogP contribution in [0.15, 0.2) is 118 Å². The third-order valence-electron chi connectivity index (χ3n) is 9.81. The van der Waals surface area contributed by atoms with E-state index in [0.29, 0.717) is 29.7 Å². The molecule has 1 aliphatic carbocycles. The molecule has 56 heavy (non-hydrogen) atoms. The Hall–Kier alpha value is -3.96. The van der Waals surface area contributed by atoms with Crippen molar-refractivity contribution in [1.29, 1.82) is 0 Å². The number of nitrogens with zero attached hydrogens (tertiary/aromatic N) is 1. The Morgan fingerprint density at radius 2 is 1.43 bits per heavy atom. The molecule has 312 valence electrons. The van der Waals surface area contributed by atoms with Crippen molar-refractivity contribution >= 4 is 17.1 Å². The fourth-order valence-electron chi connectivity index (χ4n) is 5.96. The molecule has 2 nitrogen and oxygen atoms in total. The molecule has 2 heteroatoms. The summed E-state index contributed by atoms with van der Waals surface area (Å²) >= 11 is 0. The number of allylic oxidation sites excluding steroid dienone is 13. The molecule has 0 saturated heterocycles. The van der Waals surface area contributed by atoms with Crippen molar-refractivity contribution < 1.29 is 4.79 Å². The van der Waals surface area contributed by atoms with E-state index in [9.17, 15) is 4.79 Å². The minimum absolute atomic E-state index is 0.0631. The fraction of sp³-hybridized carbons (Fsp3) is 0.519. The van der Waals surface area contributed by atoms with Gasteiger partial charge in [0.1, 0.15) is 0 Å². The van der Waals surface area contributed by atoms with Gasteiger partial charge < -0.3 is 0 Å². The van der Waals surface area contributed by atoms with Crippen LogP contribution in [0, 0.1) is 37.0 Å². The molecular formula is C54H85NO. The highest BCUT2D eigenvalue weighted by Gasteiger charge is 2.19. The number of rotatable bonds is 13. The van der Waals surface area contributed by atoms with Crippen LogP contribution in [0.3, 0.4) is 0 Å². The molecule has 1 aliphatic rings.